The van der Waals surface area contributed by atoms with E-state index in [4.69, 9.17) is 14.4 Å². The second kappa shape index (κ2) is 22.4. The van der Waals surface area contributed by atoms with Gasteiger partial charge in [0, 0.05) is 0 Å². The average molecular weight is 197 g/mol. The topological polar surface area (TPSA) is 90.4 Å². The van der Waals surface area contributed by atoms with Gasteiger partial charge in [0.1, 0.15) is 5.75 Å². The molecule has 0 bridgehead atoms. The van der Waals surface area contributed by atoms with Crippen LogP contribution in [0.5, 0.6) is 0 Å². The monoisotopic (exact) mass is 197 g/mol. The van der Waals surface area contributed by atoms with Gasteiger partial charge in [-0.2, -0.15) is 4.89 Å². The Morgan fingerprint density at radius 3 is 1.80 bits per heavy atom. The van der Waals surface area contributed by atoms with E-state index in [2.05, 4.69) is 19.6 Å². The van der Waals surface area contributed by atoms with E-state index in [-0.39, 0.29) is 35.0 Å². The zero-order valence-corrected chi connectivity index (χ0v) is 9.97. The zero-order valence-electron chi connectivity index (χ0n) is 6.07. The van der Waals surface area contributed by atoms with Crippen molar-refractivity contribution in [3.8, 4) is 0 Å². The van der Waals surface area contributed by atoms with Gasteiger partial charge in [0.2, 0.25) is 0 Å². The van der Waals surface area contributed by atoms with Crippen LogP contribution in [0.15, 0.2) is 0 Å². The van der Waals surface area contributed by atoms with Gasteiger partial charge in [0.05, 0.1) is 0 Å². The SMILES string of the molecule is CCC[SH2+].O=[P+]([O-])O.[Na+].[OH-]. The summed E-state index contributed by atoms with van der Waals surface area (Å²) in [6, 6.07) is 0. The number of hydrogen-bond donors (Lipinski definition) is 1. The number of rotatable bonds is 1. The van der Waals surface area contributed by atoms with Crippen LogP contribution < -0.4 is 34.5 Å². The van der Waals surface area contributed by atoms with Crippen molar-refractivity contribution in [3.05, 3.63) is 0 Å². The van der Waals surface area contributed by atoms with Crippen LogP contribution in [0.4, 0.5) is 0 Å². The third kappa shape index (κ3) is 119. The van der Waals surface area contributed by atoms with Crippen molar-refractivity contribution in [2.24, 2.45) is 0 Å². The maximum absolute atomic E-state index is 8.59. The Labute approximate surface area is 89.0 Å². The Bertz CT molecular complexity index is 58.5. The molecule has 0 saturated carbocycles. The van der Waals surface area contributed by atoms with E-state index in [9.17, 15) is 0 Å². The summed E-state index contributed by atoms with van der Waals surface area (Å²) in [6.45, 7) is 2.13. The summed E-state index contributed by atoms with van der Waals surface area (Å²) >= 11 is 3.29. The van der Waals surface area contributed by atoms with Crippen LogP contribution in [-0.2, 0) is 17.2 Å². The smallest absolute Gasteiger partial charge is 0.870 e. The van der Waals surface area contributed by atoms with E-state index in [1.54, 1.807) is 0 Å². The van der Waals surface area contributed by atoms with Gasteiger partial charge in [-0.25, -0.2) is 0 Å². The fourth-order valence-electron chi connectivity index (χ4n) is 0. The molecular weight excluding hydrogens is 186 g/mol. The van der Waals surface area contributed by atoms with Gasteiger partial charge in [-0.1, -0.05) is 6.92 Å². The molecule has 7 heteroatoms. The van der Waals surface area contributed by atoms with Gasteiger partial charge in [0.25, 0.3) is 0 Å². The standard InChI is InChI=1S/C3H8S.Na.HO3P.H2O/c1-2-3-4;;1-4(2)3;/h4H,2-3H2,1H3;;(H,1,2,3);1H2/q;+1;;. The molecule has 0 heterocycles. The molecule has 0 aliphatic rings. The molecule has 0 aliphatic carbocycles. The molecule has 0 aliphatic heterocycles. The van der Waals surface area contributed by atoms with Crippen molar-refractivity contribution in [1.82, 2.24) is 0 Å². The van der Waals surface area contributed by atoms with E-state index in [0.717, 1.165) is 5.75 Å². The molecule has 0 aromatic rings. The molecule has 1 unspecified atom stereocenters. The molecule has 0 aromatic carbocycles. The van der Waals surface area contributed by atoms with Gasteiger partial charge in [-0.15, -0.1) is 0 Å². The van der Waals surface area contributed by atoms with Crippen molar-refractivity contribution < 1.29 is 49.4 Å². The van der Waals surface area contributed by atoms with Crippen LogP contribution in [0.25, 0.3) is 0 Å². The van der Waals surface area contributed by atoms with Gasteiger partial charge in [-0.3, -0.25) is 0 Å². The minimum absolute atomic E-state index is 0. The van der Waals surface area contributed by atoms with Gasteiger partial charge < -0.3 is 10.4 Å². The first kappa shape index (κ1) is 22.5. The van der Waals surface area contributed by atoms with Crippen LogP contribution in [0.1, 0.15) is 13.3 Å². The van der Waals surface area contributed by atoms with Crippen LogP contribution in [0.3, 0.4) is 0 Å². The van der Waals surface area contributed by atoms with Gasteiger partial charge in [0.15, 0.2) is 0 Å². The molecular formula is C3H11NaO4PS+. The summed E-state index contributed by atoms with van der Waals surface area (Å²) in [5.41, 5.74) is 0. The summed E-state index contributed by atoms with van der Waals surface area (Å²) < 4.78 is 8.59. The van der Waals surface area contributed by atoms with Crippen LogP contribution in [0, 0.1) is 0 Å². The predicted molar refractivity (Wildman–Crippen MR) is 37.1 cm³/mol. The molecule has 0 aromatic heterocycles. The van der Waals surface area contributed by atoms with Crippen molar-refractivity contribution in [1.29, 1.82) is 0 Å². The Morgan fingerprint density at radius 2 is 1.80 bits per heavy atom. The first-order chi connectivity index (χ1) is 3.65. The van der Waals surface area contributed by atoms with Crippen molar-refractivity contribution >= 4 is 20.9 Å². The summed E-state index contributed by atoms with van der Waals surface area (Å²) in [4.78, 5) is 15.6. The van der Waals surface area contributed by atoms with Gasteiger partial charge in [-0.05, 0) is 23.6 Å². The van der Waals surface area contributed by atoms with Crippen molar-refractivity contribution in [2.45, 2.75) is 13.3 Å². The Morgan fingerprint density at radius 1 is 1.70 bits per heavy atom. The van der Waals surface area contributed by atoms with Crippen molar-refractivity contribution in [2.75, 3.05) is 5.75 Å². The number of hydrogen-bond acceptors (Lipinski definition) is 3. The van der Waals surface area contributed by atoms with Crippen LogP contribution in [0.2, 0.25) is 0 Å². The maximum atomic E-state index is 8.59. The van der Waals surface area contributed by atoms with E-state index in [1.807, 2.05) is 0 Å². The first-order valence-electron chi connectivity index (χ1n) is 2.13. The van der Waals surface area contributed by atoms with E-state index < -0.39 is 8.25 Å². The fourth-order valence-corrected chi connectivity index (χ4v) is 0. The largest absolute Gasteiger partial charge is 1.00 e. The van der Waals surface area contributed by atoms with Crippen molar-refractivity contribution in [3.63, 3.8) is 0 Å². The average Bonchev–Trinajstić information content (AvgIpc) is 1.65. The van der Waals surface area contributed by atoms with Crippen LogP contribution >= 0.6 is 8.25 Å². The summed E-state index contributed by atoms with van der Waals surface area (Å²) in [6.07, 6.45) is 1.23. The summed E-state index contributed by atoms with van der Waals surface area (Å²) in [5, 5.41) is 0. The third-order valence-electron chi connectivity index (χ3n) is 0.250. The Kier molecular flexibility index (Phi) is 50.5. The Balaban J connectivity index is -0.0000000300. The normalized spacial score (nSPS) is 7.40. The maximum Gasteiger partial charge on any atom is 1.00 e. The molecule has 0 fully saturated rings. The van der Waals surface area contributed by atoms with E-state index >= 15 is 0 Å². The van der Waals surface area contributed by atoms with Gasteiger partial charge >= 0.3 is 37.8 Å². The molecule has 0 saturated heterocycles. The van der Waals surface area contributed by atoms with Crippen LogP contribution in [-0.4, -0.2) is 16.1 Å². The molecule has 2 N–H and O–H groups in total. The summed E-state index contributed by atoms with van der Waals surface area (Å²) in [7, 11) is -3.12. The predicted octanol–water partition coefficient (Wildman–Crippen LogP) is -3.77. The molecule has 1 atom stereocenters. The minimum atomic E-state index is -3.12. The fraction of sp³-hybridized carbons (Fsp3) is 1.00. The quantitative estimate of drug-likeness (QED) is 0.265. The molecule has 4 nitrogen and oxygen atoms in total. The van der Waals surface area contributed by atoms with E-state index in [1.165, 1.54) is 6.42 Å². The second-order valence-electron chi connectivity index (χ2n) is 0.988. The minimum Gasteiger partial charge on any atom is -0.870 e. The molecule has 0 amide bonds. The van der Waals surface area contributed by atoms with E-state index in [0.29, 0.717) is 0 Å². The molecule has 0 rings (SSSR count). The second-order valence-corrected chi connectivity index (χ2v) is 1.96. The molecule has 58 valence electrons. The first-order valence-corrected chi connectivity index (χ1v) is 3.96. The zero-order chi connectivity index (χ0) is 6.99. The molecule has 0 radical (unpaired) electrons. The summed E-state index contributed by atoms with van der Waals surface area (Å²) in [5.74, 6) is 1.12. The molecule has 10 heavy (non-hydrogen) atoms. The Hall–Kier alpha value is 1.33. The molecule has 0 spiro atoms. The third-order valence-corrected chi connectivity index (χ3v) is 0.750.